The smallest absolute Gasteiger partial charge is 0.208 e. The number of benzene rings is 1. The first-order chi connectivity index (χ1) is 11.9. The molecule has 0 atom stereocenters. The number of H-pyrrole nitrogens is 1. The molecule has 0 aliphatic carbocycles. The van der Waals surface area contributed by atoms with E-state index in [1.165, 1.54) is 22.0 Å². The van der Waals surface area contributed by atoms with Crippen LogP contribution in [-0.4, -0.2) is 51.8 Å². The lowest BCUT2D eigenvalue weighted by Gasteiger charge is -2.11. The summed E-state index contributed by atoms with van der Waals surface area (Å²) in [6, 6.07) is 6.30. The van der Waals surface area contributed by atoms with Gasteiger partial charge in [0.1, 0.15) is 0 Å². The molecule has 0 aliphatic rings. The summed E-state index contributed by atoms with van der Waals surface area (Å²) >= 11 is 0. The highest BCUT2D eigenvalue weighted by Crippen LogP contribution is 2.21. The van der Waals surface area contributed by atoms with Gasteiger partial charge < -0.3 is 15.6 Å². The van der Waals surface area contributed by atoms with E-state index in [-0.39, 0.29) is 30.5 Å². The molecule has 1 aromatic heterocycles. The highest BCUT2D eigenvalue weighted by atomic mass is 127. The summed E-state index contributed by atoms with van der Waals surface area (Å²) in [5.41, 5.74) is 3.69. The van der Waals surface area contributed by atoms with Gasteiger partial charge in [-0.25, -0.2) is 13.1 Å². The molecule has 0 aliphatic heterocycles. The molecule has 2 rings (SSSR count). The van der Waals surface area contributed by atoms with Crippen LogP contribution in [0.15, 0.2) is 29.4 Å². The van der Waals surface area contributed by atoms with Gasteiger partial charge in [-0.2, -0.15) is 0 Å². The number of nitrogens with zero attached hydrogens (tertiary/aromatic N) is 1. The Kier molecular flexibility index (Phi) is 9.37. The molecule has 0 saturated carbocycles. The predicted molar refractivity (Wildman–Crippen MR) is 119 cm³/mol. The van der Waals surface area contributed by atoms with E-state index in [0.29, 0.717) is 12.5 Å². The minimum Gasteiger partial charge on any atom is -0.361 e. The van der Waals surface area contributed by atoms with Gasteiger partial charge in [0.25, 0.3) is 0 Å². The molecule has 9 heteroatoms. The lowest BCUT2D eigenvalue weighted by atomic mass is 10.1. The normalized spacial score (nSPS) is 12.0. The summed E-state index contributed by atoms with van der Waals surface area (Å²) in [6.45, 7) is 6.26. The number of aliphatic imine (C=N–C) groups is 1. The largest absolute Gasteiger partial charge is 0.361 e. The third kappa shape index (κ3) is 7.12. The maximum atomic E-state index is 11.0. The Bertz CT molecular complexity index is 833. The van der Waals surface area contributed by atoms with Crippen molar-refractivity contribution in [3.63, 3.8) is 0 Å². The molecule has 0 bridgehead atoms. The van der Waals surface area contributed by atoms with Crippen LogP contribution in [0.5, 0.6) is 0 Å². The number of aromatic amines is 1. The molecule has 0 spiro atoms. The fourth-order valence-corrected chi connectivity index (χ4v) is 3.09. The van der Waals surface area contributed by atoms with E-state index in [4.69, 9.17) is 0 Å². The molecule has 0 amide bonds. The molecule has 26 heavy (non-hydrogen) atoms. The van der Waals surface area contributed by atoms with Gasteiger partial charge >= 0.3 is 0 Å². The molecular weight excluding hydrogens is 465 g/mol. The quantitative estimate of drug-likeness (QED) is 0.195. The van der Waals surface area contributed by atoms with Crippen molar-refractivity contribution in [2.24, 2.45) is 4.99 Å². The van der Waals surface area contributed by atoms with Crippen molar-refractivity contribution in [2.45, 2.75) is 20.3 Å². The van der Waals surface area contributed by atoms with Crippen LogP contribution in [-0.2, 0) is 16.4 Å². The van der Waals surface area contributed by atoms with E-state index < -0.39 is 10.0 Å². The average Bonchev–Trinajstić information content (AvgIpc) is 2.95. The predicted octanol–water partition coefficient (Wildman–Crippen LogP) is 1.74. The first kappa shape index (κ1) is 22.7. The number of rotatable bonds is 8. The molecule has 4 N–H and O–H groups in total. The summed E-state index contributed by atoms with van der Waals surface area (Å²) in [6.07, 6.45) is 4.07. The summed E-state index contributed by atoms with van der Waals surface area (Å²) in [5.74, 6) is 0.689. The number of halogens is 1. The van der Waals surface area contributed by atoms with E-state index >= 15 is 0 Å². The zero-order valence-electron chi connectivity index (χ0n) is 15.4. The Morgan fingerprint density at radius 2 is 2.00 bits per heavy atom. The molecule has 0 radical (unpaired) electrons. The van der Waals surface area contributed by atoms with E-state index in [1.807, 2.05) is 6.92 Å². The second kappa shape index (κ2) is 10.7. The van der Waals surface area contributed by atoms with Crippen LogP contribution in [0.25, 0.3) is 10.9 Å². The third-order valence-electron chi connectivity index (χ3n) is 3.79. The van der Waals surface area contributed by atoms with E-state index in [0.717, 1.165) is 25.8 Å². The Hall–Kier alpha value is -1.33. The number of guanidine groups is 1. The van der Waals surface area contributed by atoms with Crippen molar-refractivity contribution < 1.29 is 8.42 Å². The minimum absolute atomic E-state index is 0. The third-order valence-corrected chi connectivity index (χ3v) is 4.51. The van der Waals surface area contributed by atoms with Crippen LogP contribution in [0.1, 0.15) is 18.1 Å². The van der Waals surface area contributed by atoms with Gasteiger partial charge in [-0.15, -0.1) is 24.0 Å². The van der Waals surface area contributed by atoms with Gasteiger partial charge in [0.05, 0.1) is 12.8 Å². The van der Waals surface area contributed by atoms with Crippen molar-refractivity contribution >= 4 is 50.9 Å². The molecular formula is C17H28IN5O2S. The van der Waals surface area contributed by atoms with E-state index in [9.17, 15) is 8.42 Å². The van der Waals surface area contributed by atoms with Crippen molar-refractivity contribution in [2.75, 3.05) is 32.4 Å². The Balaban J connectivity index is 0.00000338. The topological polar surface area (TPSA) is 98.4 Å². The Morgan fingerprint density at radius 3 is 2.69 bits per heavy atom. The molecule has 1 aromatic carbocycles. The molecule has 146 valence electrons. The van der Waals surface area contributed by atoms with Gasteiger partial charge in [-0.1, -0.05) is 18.2 Å². The van der Waals surface area contributed by atoms with Crippen molar-refractivity contribution in [3.05, 3.63) is 35.5 Å². The van der Waals surface area contributed by atoms with Gasteiger partial charge in [-0.05, 0) is 31.4 Å². The van der Waals surface area contributed by atoms with Crippen LogP contribution in [0, 0.1) is 6.92 Å². The molecule has 2 aromatic rings. The lowest BCUT2D eigenvalue weighted by Crippen LogP contribution is -2.39. The fourth-order valence-electron chi connectivity index (χ4n) is 2.63. The number of para-hydroxylation sites is 1. The fraction of sp³-hybridized carbons (Fsp3) is 0.471. The monoisotopic (exact) mass is 493 g/mol. The summed E-state index contributed by atoms with van der Waals surface area (Å²) in [7, 11) is -3.17. The summed E-state index contributed by atoms with van der Waals surface area (Å²) < 4.78 is 24.5. The first-order valence-electron chi connectivity index (χ1n) is 8.43. The number of hydrogen-bond donors (Lipinski definition) is 4. The number of fused-ring (bicyclic) bond motifs is 1. The van der Waals surface area contributed by atoms with Crippen molar-refractivity contribution in [1.82, 2.24) is 20.3 Å². The minimum atomic E-state index is -3.17. The van der Waals surface area contributed by atoms with E-state index in [2.05, 4.69) is 56.7 Å². The Morgan fingerprint density at radius 1 is 1.23 bits per heavy atom. The van der Waals surface area contributed by atoms with Gasteiger partial charge in [0.2, 0.25) is 10.0 Å². The van der Waals surface area contributed by atoms with Crippen LogP contribution >= 0.6 is 24.0 Å². The molecule has 0 fully saturated rings. The highest BCUT2D eigenvalue weighted by molar-refractivity contribution is 14.0. The standard InChI is InChI=1S/C17H27N5O2S.HI/c1-4-18-17(20-10-11-22-25(3,23)24)19-9-8-14-12-21-16-13(2)6-5-7-15(14)16;/h5-7,12,21-22H,4,8-11H2,1-3H3,(H2,18,19,20);1H. The SMILES string of the molecule is CCNC(=NCCNS(C)(=O)=O)NCCc1c[nH]c2c(C)cccc12.I. The van der Waals surface area contributed by atoms with E-state index in [1.54, 1.807) is 0 Å². The molecule has 7 nitrogen and oxygen atoms in total. The maximum Gasteiger partial charge on any atom is 0.208 e. The maximum absolute atomic E-state index is 11.0. The Labute approximate surface area is 172 Å². The number of nitrogens with one attached hydrogen (secondary N) is 4. The van der Waals surface area contributed by atoms with Crippen LogP contribution in [0.3, 0.4) is 0 Å². The zero-order valence-corrected chi connectivity index (χ0v) is 18.6. The van der Waals surface area contributed by atoms with Crippen LogP contribution < -0.4 is 15.4 Å². The number of aromatic nitrogens is 1. The first-order valence-corrected chi connectivity index (χ1v) is 10.3. The number of hydrogen-bond acceptors (Lipinski definition) is 3. The average molecular weight is 493 g/mol. The molecule has 0 saturated heterocycles. The highest BCUT2D eigenvalue weighted by Gasteiger charge is 2.05. The van der Waals surface area contributed by atoms with Gasteiger partial charge in [-0.3, -0.25) is 4.99 Å². The van der Waals surface area contributed by atoms with Crippen LogP contribution in [0.4, 0.5) is 0 Å². The summed E-state index contributed by atoms with van der Waals surface area (Å²) in [5, 5.41) is 7.70. The zero-order chi connectivity index (χ0) is 18.3. The molecule has 1 heterocycles. The number of aryl methyl sites for hydroxylation is 1. The van der Waals surface area contributed by atoms with Crippen molar-refractivity contribution in [3.8, 4) is 0 Å². The van der Waals surface area contributed by atoms with Gasteiger partial charge in [0, 0.05) is 36.7 Å². The number of sulfonamides is 1. The summed E-state index contributed by atoms with van der Waals surface area (Å²) in [4.78, 5) is 7.71. The second-order valence-corrected chi connectivity index (χ2v) is 7.75. The van der Waals surface area contributed by atoms with Crippen molar-refractivity contribution in [1.29, 1.82) is 0 Å². The van der Waals surface area contributed by atoms with Gasteiger partial charge in [0.15, 0.2) is 5.96 Å². The molecule has 0 unspecified atom stereocenters. The lowest BCUT2D eigenvalue weighted by molar-refractivity contribution is 0.588. The van der Waals surface area contributed by atoms with Crippen LogP contribution in [0.2, 0.25) is 0 Å². The second-order valence-electron chi connectivity index (χ2n) is 5.92.